The van der Waals surface area contributed by atoms with E-state index in [9.17, 15) is 8.42 Å². The minimum atomic E-state index is -3.42. The summed E-state index contributed by atoms with van der Waals surface area (Å²) in [5, 5.41) is 0. The van der Waals surface area contributed by atoms with E-state index in [4.69, 9.17) is 4.74 Å². The summed E-state index contributed by atoms with van der Waals surface area (Å²) in [6, 6.07) is 6.76. The van der Waals surface area contributed by atoms with Gasteiger partial charge < -0.3 is 4.74 Å². The lowest BCUT2D eigenvalue weighted by Gasteiger charge is -2.34. The van der Waals surface area contributed by atoms with Crippen LogP contribution in [0.2, 0.25) is 0 Å². The summed E-state index contributed by atoms with van der Waals surface area (Å²) in [5.74, 6) is 1.70. The van der Waals surface area contributed by atoms with Gasteiger partial charge in [0.15, 0.2) is 0 Å². The van der Waals surface area contributed by atoms with Gasteiger partial charge >= 0.3 is 0 Å². The molecule has 2 aliphatic rings. The molecule has 1 heterocycles. The molecular weight excluding hydrogens is 334 g/mol. The summed E-state index contributed by atoms with van der Waals surface area (Å²) in [6.45, 7) is 5.09. The van der Waals surface area contributed by atoms with E-state index in [0.717, 1.165) is 19.3 Å². The molecule has 25 heavy (non-hydrogen) atoms. The Morgan fingerprint density at radius 3 is 2.20 bits per heavy atom. The van der Waals surface area contributed by atoms with Gasteiger partial charge in [-0.2, -0.15) is 4.31 Å². The maximum absolute atomic E-state index is 12.9. The SMILES string of the molecule is CC(C)Oc1ccc(S(=O)(=O)N2CCC(C3C=CCC=C3)CC2)cc1. The van der Waals surface area contributed by atoms with Gasteiger partial charge in [0.2, 0.25) is 10.0 Å². The summed E-state index contributed by atoms with van der Waals surface area (Å²) < 4.78 is 32.9. The van der Waals surface area contributed by atoms with E-state index in [1.165, 1.54) is 0 Å². The Morgan fingerprint density at radius 2 is 1.64 bits per heavy atom. The van der Waals surface area contributed by atoms with Crippen LogP contribution in [0, 0.1) is 11.8 Å². The Morgan fingerprint density at radius 1 is 1.04 bits per heavy atom. The maximum atomic E-state index is 12.9. The number of hydrogen-bond donors (Lipinski definition) is 0. The van der Waals surface area contributed by atoms with Crippen LogP contribution in [0.1, 0.15) is 33.1 Å². The molecule has 0 bridgehead atoms. The molecule has 0 spiro atoms. The first-order valence-electron chi connectivity index (χ1n) is 9.07. The van der Waals surface area contributed by atoms with Crippen molar-refractivity contribution < 1.29 is 13.2 Å². The molecule has 4 nitrogen and oxygen atoms in total. The third kappa shape index (κ3) is 4.33. The van der Waals surface area contributed by atoms with Gasteiger partial charge in [0, 0.05) is 13.1 Å². The number of allylic oxidation sites excluding steroid dienone is 4. The van der Waals surface area contributed by atoms with E-state index < -0.39 is 10.0 Å². The molecule has 1 fully saturated rings. The van der Waals surface area contributed by atoms with Gasteiger partial charge in [-0.05, 0) is 69.2 Å². The second-order valence-electron chi connectivity index (χ2n) is 7.05. The molecule has 1 aliphatic carbocycles. The van der Waals surface area contributed by atoms with Crippen molar-refractivity contribution in [3.8, 4) is 5.75 Å². The first kappa shape index (κ1) is 18.2. The van der Waals surface area contributed by atoms with Crippen molar-refractivity contribution >= 4 is 10.0 Å². The molecule has 1 saturated heterocycles. The fourth-order valence-corrected chi connectivity index (χ4v) is 5.01. The first-order valence-corrected chi connectivity index (χ1v) is 10.5. The minimum absolute atomic E-state index is 0.0735. The van der Waals surface area contributed by atoms with Crippen LogP contribution >= 0.6 is 0 Å². The van der Waals surface area contributed by atoms with Crippen molar-refractivity contribution in [2.75, 3.05) is 13.1 Å². The molecule has 0 aromatic heterocycles. The van der Waals surface area contributed by atoms with E-state index in [0.29, 0.717) is 35.6 Å². The van der Waals surface area contributed by atoms with Gasteiger partial charge in [-0.1, -0.05) is 24.3 Å². The average molecular weight is 362 g/mol. The predicted molar refractivity (Wildman–Crippen MR) is 100 cm³/mol. The van der Waals surface area contributed by atoms with Crippen molar-refractivity contribution in [2.24, 2.45) is 11.8 Å². The molecule has 136 valence electrons. The summed E-state index contributed by atoms with van der Waals surface area (Å²) in [6.07, 6.45) is 11.8. The number of nitrogens with zero attached hydrogens (tertiary/aromatic N) is 1. The largest absolute Gasteiger partial charge is 0.491 e. The first-order chi connectivity index (χ1) is 12.0. The van der Waals surface area contributed by atoms with Gasteiger partial charge in [-0.25, -0.2) is 8.42 Å². The second kappa shape index (κ2) is 7.75. The van der Waals surface area contributed by atoms with Crippen LogP contribution < -0.4 is 4.74 Å². The van der Waals surface area contributed by atoms with Crippen LogP contribution in [0.15, 0.2) is 53.5 Å². The fourth-order valence-electron chi connectivity index (χ4n) is 3.54. The normalized spacial score (nSPS) is 20.3. The lowest BCUT2D eigenvalue weighted by molar-refractivity contribution is 0.242. The second-order valence-corrected chi connectivity index (χ2v) is 8.99. The Balaban J connectivity index is 1.64. The number of piperidine rings is 1. The Bertz CT molecular complexity index is 715. The van der Waals surface area contributed by atoms with E-state index in [-0.39, 0.29) is 6.10 Å². The average Bonchev–Trinajstić information content (AvgIpc) is 2.62. The van der Waals surface area contributed by atoms with Crippen LogP contribution in [0.5, 0.6) is 5.75 Å². The zero-order chi connectivity index (χ0) is 17.9. The van der Waals surface area contributed by atoms with E-state index in [2.05, 4.69) is 24.3 Å². The van der Waals surface area contributed by atoms with Crippen LogP contribution in [0.3, 0.4) is 0 Å². The standard InChI is InChI=1S/C20H27NO3S/c1-16(2)24-19-8-10-20(11-9-19)25(22,23)21-14-12-18(13-15-21)17-6-4-3-5-7-17/h4-11,16-18H,3,12-15H2,1-2H3. The van der Waals surface area contributed by atoms with Gasteiger partial charge in [0.25, 0.3) is 0 Å². The van der Waals surface area contributed by atoms with Crippen LogP contribution in [0.4, 0.5) is 0 Å². The van der Waals surface area contributed by atoms with Crippen molar-refractivity contribution in [1.82, 2.24) is 4.31 Å². The highest BCUT2D eigenvalue weighted by molar-refractivity contribution is 7.89. The van der Waals surface area contributed by atoms with Gasteiger partial charge in [-0.15, -0.1) is 0 Å². The van der Waals surface area contributed by atoms with E-state index in [1.807, 2.05) is 13.8 Å². The summed E-state index contributed by atoms with van der Waals surface area (Å²) >= 11 is 0. The molecule has 0 saturated carbocycles. The van der Waals surface area contributed by atoms with Gasteiger partial charge in [0.1, 0.15) is 5.75 Å². The van der Waals surface area contributed by atoms with Crippen molar-refractivity contribution in [3.05, 3.63) is 48.6 Å². The smallest absolute Gasteiger partial charge is 0.243 e. The predicted octanol–water partition coefficient (Wildman–Crippen LogP) is 4.01. The van der Waals surface area contributed by atoms with Crippen LogP contribution in [0.25, 0.3) is 0 Å². The lowest BCUT2D eigenvalue weighted by atomic mass is 9.83. The highest BCUT2D eigenvalue weighted by Gasteiger charge is 2.31. The van der Waals surface area contributed by atoms with Gasteiger partial charge in [-0.3, -0.25) is 0 Å². The molecule has 5 heteroatoms. The molecule has 0 N–H and O–H groups in total. The molecule has 0 amide bonds. The number of hydrogen-bond acceptors (Lipinski definition) is 3. The molecule has 0 unspecified atom stereocenters. The Hall–Kier alpha value is -1.59. The zero-order valence-corrected chi connectivity index (χ0v) is 15.8. The maximum Gasteiger partial charge on any atom is 0.243 e. The molecule has 1 aliphatic heterocycles. The van der Waals surface area contributed by atoms with Crippen molar-refractivity contribution in [3.63, 3.8) is 0 Å². The molecule has 3 rings (SSSR count). The number of rotatable bonds is 5. The highest BCUT2D eigenvalue weighted by atomic mass is 32.2. The summed E-state index contributed by atoms with van der Waals surface area (Å²) in [7, 11) is -3.42. The molecule has 1 aromatic rings. The van der Waals surface area contributed by atoms with E-state index in [1.54, 1.807) is 28.6 Å². The topological polar surface area (TPSA) is 46.6 Å². The van der Waals surface area contributed by atoms with E-state index >= 15 is 0 Å². The molecule has 0 atom stereocenters. The zero-order valence-electron chi connectivity index (χ0n) is 15.0. The van der Waals surface area contributed by atoms with Crippen LogP contribution in [-0.4, -0.2) is 31.9 Å². The molecular formula is C20H27NO3S. The highest BCUT2D eigenvalue weighted by Crippen LogP contribution is 2.31. The molecule has 0 radical (unpaired) electrons. The van der Waals surface area contributed by atoms with Gasteiger partial charge in [0.05, 0.1) is 11.0 Å². The minimum Gasteiger partial charge on any atom is -0.491 e. The van der Waals surface area contributed by atoms with Crippen molar-refractivity contribution in [2.45, 2.75) is 44.1 Å². The lowest BCUT2D eigenvalue weighted by Crippen LogP contribution is -2.39. The fraction of sp³-hybridized carbons (Fsp3) is 0.500. The number of benzene rings is 1. The van der Waals surface area contributed by atoms with Crippen LogP contribution in [-0.2, 0) is 10.0 Å². The third-order valence-corrected chi connectivity index (χ3v) is 6.78. The quantitative estimate of drug-likeness (QED) is 0.745. The molecule has 1 aromatic carbocycles. The Labute approximate surface area is 151 Å². The van der Waals surface area contributed by atoms with Crippen molar-refractivity contribution in [1.29, 1.82) is 0 Å². The summed E-state index contributed by atoms with van der Waals surface area (Å²) in [4.78, 5) is 0.347. The third-order valence-electron chi connectivity index (χ3n) is 4.86. The number of ether oxygens (including phenoxy) is 1. The summed E-state index contributed by atoms with van der Waals surface area (Å²) in [5.41, 5.74) is 0. The monoisotopic (exact) mass is 361 g/mol. The Kier molecular flexibility index (Phi) is 5.64. The number of sulfonamides is 1.